The number of Topliss-reactive ketones (excluding diaryl/α,β-unsaturated/α-hetero) is 1. The van der Waals surface area contributed by atoms with Crippen molar-refractivity contribution in [1.29, 1.82) is 0 Å². The molecule has 1 aliphatic heterocycles. The minimum Gasteiger partial charge on any atom is -0.507 e. The summed E-state index contributed by atoms with van der Waals surface area (Å²) >= 11 is 6.02. The second-order valence-electron chi connectivity index (χ2n) is 7.86. The minimum absolute atomic E-state index is 0.0776. The van der Waals surface area contributed by atoms with E-state index in [2.05, 4.69) is 0 Å². The monoisotopic (exact) mass is 431 g/mol. The molecule has 1 N–H and O–H groups in total. The van der Waals surface area contributed by atoms with Gasteiger partial charge in [-0.15, -0.1) is 0 Å². The Labute approximate surface area is 186 Å². The minimum atomic E-state index is -0.748. The summed E-state index contributed by atoms with van der Waals surface area (Å²) in [6, 6.07) is 19.1. The topological polar surface area (TPSA) is 57.6 Å². The smallest absolute Gasteiger partial charge is 0.300 e. The second-order valence-corrected chi connectivity index (χ2v) is 8.30. The first-order chi connectivity index (χ1) is 14.8. The van der Waals surface area contributed by atoms with Crippen molar-refractivity contribution in [2.75, 3.05) is 4.90 Å². The molecule has 0 bridgehead atoms. The van der Waals surface area contributed by atoms with Gasteiger partial charge < -0.3 is 5.11 Å². The van der Waals surface area contributed by atoms with Gasteiger partial charge in [-0.05, 0) is 67.8 Å². The average molecular weight is 432 g/mol. The summed E-state index contributed by atoms with van der Waals surface area (Å²) < 4.78 is 0. The van der Waals surface area contributed by atoms with E-state index in [1.807, 2.05) is 57.2 Å². The Bertz CT molecular complexity index is 1230. The Morgan fingerprint density at radius 2 is 1.61 bits per heavy atom. The van der Waals surface area contributed by atoms with Crippen LogP contribution in [0, 0.1) is 20.8 Å². The summed E-state index contributed by atoms with van der Waals surface area (Å²) in [5, 5.41) is 11.7. The lowest BCUT2D eigenvalue weighted by atomic mass is 9.93. The Morgan fingerprint density at radius 1 is 0.903 bits per heavy atom. The quantitative estimate of drug-likeness (QED) is 0.319. The maximum atomic E-state index is 13.2. The van der Waals surface area contributed by atoms with Crippen LogP contribution in [0.4, 0.5) is 5.69 Å². The highest BCUT2D eigenvalue weighted by molar-refractivity contribution is 6.51. The number of hydrogen-bond donors (Lipinski definition) is 1. The van der Waals surface area contributed by atoms with E-state index >= 15 is 0 Å². The van der Waals surface area contributed by atoms with Crippen molar-refractivity contribution >= 4 is 34.7 Å². The largest absolute Gasteiger partial charge is 0.507 e. The summed E-state index contributed by atoms with van der Waals surface area (Å²) in [5.74, 6) is -1.57. The van der Waals surface area contributed by atoms with Gasteiger partial charge in [-0.3, -0.25) is 14.5 Å². The van der Waals surface area contributed by atoms with Crippen LogP contribution in [0.1, 0.15) is 33.9 Å². The molecule has 1 fully saturated rings. The summed E-state index contributed by atoms with van der Waals surface area (Å²) in [7, 11) is 0. The molecule has 1 amide bonds. The number of aliphatic hydroxyl groups is 1. The van der Waals surface area contributed by atoms with E-state index in [-0.39, 0.29) is 11.3 Å². The van der Waals surface area contributed by atoms with Gasteiger partial charge in [-0.1, -0.05) is 53.6 Å². The molecule has 0 spiro atoms. The van der Waals surface area contributed by atoms with Crippen molar-refractivity contribution in [3.63, 3.8) is 0 Å². The molecule has 156 valence electrons. The van der Waals surface area contributed by atoms with Crippen LogP contribution in [0.3, 0.4) is 0 Å². The van der Waals surface area contributed by atoms with Crippen molar-refractivity contribution in [3.8, 4) is 0 Å². The van der Waals surface area contributed by atoms with Gasteiger partial charge in [0.1, 0.15) is 5.76 Å². The predicted molar refractivity (Wildman–Crippen MR) is 123 cm³/mol. The number of rotatable bonds is 3. The molecule has 3 aromatic rings. The molecule has 1 saturated heterocycles. The molecule has 4 rings (SSSR count). The molecule has 1 atom stereocenters. The van der Waals surface area contributed by atoms with Gasteiger partial charge in [0, 0.05) is 16.3 Å². The molecular weight excluding hydrogens is 410 g/mol. The lowest BCUT2D eigenvalue weighted by molar-refractivity contribution is -0.132. The first-order valence-electron chi connectivity index (χ1n) is 9.98. The zero-order chi connectivity index (χ0) is 22.3. The summed E-state index contributed by atoms with van der Waals surface area (Å²) in [4.78, 5) is 27.7. The number of carbonyl (C=O) groups is 2. The molecule has 0 radical (unpaired) electrons. The fourth-order valence-electron chi connectivity index (χ4n) is 3.90. The highest BCUT2D eigenvalue weighted by atomic mass is 35.5. The molecule has 0 aromatic heterocycles. The van der Waals surface area contributed by atoms with Gasteiger partial charge >= 0.3 is 0 Å². The van der Waals surface area contributed by atoms with Gasteiger partial charge in [-0.2, -0.15) is 0 Å². The molecule has 1 heterocycles. The van der Waals surface area contributed by atoms with E-state index in [0.29, 0.717) is 16.3 Å². The molecule has 5 heteroatoms. The van der Waals surface area contributed by atoms with Gasteiger partial charge in [0.2, 0.25) is 0 Å². The van der Waals surface area contributed by atoms with Crippen LogP contribution in [0.5, 0.6) is 0 Å². The zero-order valence-electron chi connectivity index (χ0n) is 17.5. The highest BCUT2D eigenvalue weighted by Gasteiger charge is 2.47. The third-order valence-electron chi connectivity index (χ3n) is 5.69. The number of amides is 1. The maximum absolute atomic E-state index is 13.2. The van der Waals surface area contributed by atoms with E-state index in [1.165, 1.54) is 4.90 Å². The summed E-state index contributed by atoms with van der Waals surface area (Å²) in [6.45, 7) is 5.86. The number of halogens is 1. The average Bonchev–Trinajstić information content (AvgIpc) is 3.01. The van der Waals surface area contributed by atoms with E-state index in [1.54, 1.807) is 30.3 Å². The Kier molecular flexibility index (Phi) is 5.42. The summed E-state index contributed by atoms with van der Waals surface area (Å²) in [5.41, 5.74) is 4.93. The Morgan fingerprint density at radius 3 is 2.26 bits per heavy atom. The maximum Gasteiger partial charge on any atom is 0.300 e. The van der Waals surface area contributed by atoms with Crippen molar-refractivity contribution in [2.24, 2.45) is 0 Å². The fourth-order valence-corrected chi connectivity index (χ4v) is 4.03. The van der Waals surface area contributed by atoms with Crippen molar-refractivity contribution in [1.82, 2.24) is 0 Å². The van der Waals surface area contributed by atoms with E-state index < -0.39 is 17.7 Å². The molecule has 0 saturated carbocycles. The number of aryl methyl sites for hydroxylation is 3. The van der Waals surface area contributed by atoms with Gasteiger partial charge in [0.25, 0.3) is 11.7 Å². The van der Waals surface area contributed by atoms with Gasteiger partial charge in [0.05, 0.1) is 11.6 Å². The van der Waals surface area contributed by atoms with Gasteiger partial charge in [0.15, 0.2) is 0 Å². The van der Waals surface area contributed by atoms with Crippen LogP contribution in [-0.2, 0) is 9.59 Å². The molecule has 4 nitrogen and oxygen atoms in total. The normalized spacial score (nSPS) is 17.9. The number of nitrogens with zero attached hydrogens (tertiary/aromatic N) is 1. The third kappa shape index (κ3) is 3.75. The number of anilines is 1. The fraction of sp³-hybridized carbons (Fsp3) is 0.154. The van der Waals surface area contributed by atoms with Crippen molar-refractivity contribution in [2.45, 2.75) is 26.8 Å². The zero-order valence-corrected chi connectivity index (χ0v) is 18.3. The Balaban J connectivity index is 1.96. The number of benzene rings is 3. The third-order valence-corrected chi connectivity index (χ3v) is 5.94. The first kappa shape index (κ1) is 20.9. The molecule has 31 heavy (non-hydrogen) atoms. The van der Waals surface area contributed by atoms with Crippen molar-refractivity contribution < 1.29 is 14.7 Å². The van der Waals surface area contributed by atoms with Crippen LogP contribution in [0.15, 0.2) is 72.3 Å². The number of hydrogen-bond acceptors (Lipinski definition) is 3. The van der Waals surface area contributed by atoms with E-state index in [9.17, 15) is 14.7 Å². The lowest BCUT2D eigenvalue weighted by Crippen LogP contribution is -2.29. The number of aliphatic hydroxyl groups excluding tert-OH is 1. The molecular formula is C26H22ClNO3. The van der Waals surface area contributed by atoms with Gasteiger partial charge in [-0.25, -0.2) is 0 Å². The van der Waals surface area contributed by atoms with Crippen LogP contribution >= 0.6 is 11.6 Å². The molecule has 0 aliphatic carbocycles. The summed E-state index contributed by atoms with van der Waals surface area (Å²) in [6.07, 6.45) is 0. The first-order valence-corrected chi connectivity index (χ1v) is 10.4. The van der Waals surface area contributed by atoms with Crippen LogP contribution in [0.25, 0.3) is 5.76 Å². The lowest BCUT2D eigenvalue weighted by Gasteiger charge is -2.25. The SMILES string of the molecule is Cc1cccc(C2/C(=C(/O)c3ccc(C)c(C)c3)C(=O)C(=O)N2c2ccc(Cl)cc2)c1. The van der Waals surface area contributed by atoms with E-state index in [4.69, 9.17) is 11.6 Å². The molecule has 1 unspecified atom stereocenters. The predicted octanol–water partition coefficient (Wildman–Crippen LogP) is 5.89. The molecule has 1 aliphatic rings. The Hall–Kier alpha value is -3.37. The number of carbonyl (C=O) groups excluding carboxylic acids is 2. The second kappa shape index (κ2) is 8.05. The highest BCUT2D eigenvalue weighted by Crippen LogP contribution is 2.42. The van der Waals surface area contributed by atoms with Crippen LogP contribution < -0.4 is 4.90 Å². The standard InChI is InChI=1S/C26H22ClNO3/c1-15-5-4-6-18(13-15)23-22(24(29)19-8-7-16(2)17(3)14-19)25(30)26(31)28(23)21-11-9-20(27)10-12-21/h4-14,23,29H,1-3H3/b24-22-. The number of ketones is 1. The van der Waals surface area contributed by atoms with Crippen LogP contribution in [-0.4, -0.2) is 16.8 Å². The van der Waals surface area contributed by atoms with Crippen molar-refractivity contribution in [3.05, 3.63) is 105 Å². The van der Waals surface area contributed by atoms with E-state index in [0.717, 1.165) is 22.3 Å². The van der Waals surface area contributed by atoms with Crippen LogP contribution in [0.2, 0.25) is 5.02 Å². The molecule has 3 aromatic carbocycles.